The van der Waals surface area contributed by atoms with E-state index in [9.17, 15) is 4.79 Å². The molecule has 0 aromatic carbocycles. The highest BCUT2D eigenvalue weighted by molar-refractivity contribution is 14.1. The Morgan fingerprint density at radius 2 is 2.39 bits per heavy atom. The van der Waals surface area contributed by atoms with E-state index in [1.165, 1.54) is 4.57 Å². The summed E-state index contributed by atoms with van der Waals surface area (Å²) in [4.78, 5) is 16.2. The van der Waals surface area contributed by atoms with Crippen LogP contribution in [0, 0.1) is 3.57 Å². The van der Waals surface area contributed by atoms with E-state index in [2.05, 4.69) is 50.4 Å². The number of hydrogen-bond donors (Lipinski definition) is 0. The van der Waals surface area contributed by atoms with Gasteiger partial charge in [0.15, 0.2) is 5.65 Å². The number of carbonyl (C=O) groups is 1. The van der Waals surface area contributed by atoms with Crippen molar-refractivity contribution in [2.24, 2.45) is 0 Å². The summed E-state index contributed by atoms with van der Waals surface area (Å²) in [7, 11) is 0. The number of fused-ring (bicyclic) bond motifs is 1. The molecule has 0 aliphatic carbocycles. The van der Waals surface area contributed by atoms with E-state index in [1.807, 2.05) is 6.07 Å². The first-order chi connectivity index (χ1) is 8.63. The molecule has 0 spiro atoms. The van der Waals surface area contributed by atoms with Crippen molar-refractivity contribution in [3.05, 3.63) is 26.5 Å². The molecule has 0 unspecified atom stereocenters. The van der Waals surface area contributed by atoms with Gasteiger partial charge in [-0.2, -0.15) is 0 Å². The molecule has 0 aliphatic rings. The highest BCUT2D eigenvalue weighted by atomic mass is 127. The maximum absolute atomic E-state index is 11.9. The Morgan fingerprint density at radius 1 is 1.61 bits per heavy atom. The van der Waals surface area contributed by atoms with Crippen LogP contribution in [0.15, 0.2) is 22.9 Å². The van der Waals surface area contributed by atoms with Crippen molar-refractivity contribution in [1.82, 2.24) is 9.55 Å². The lowest BCUT2D eigenvalue weighted by Crippen LogP contribution is -2.13. The summed E-state index contributed by atoms with van der Waals surface area (Å²) >= 11 is 5.56. The maximum Gasteiger partial charge on any atom is 0.419 e. The van der Waals surface area contributed by atoms with Crippen LogP contribution in [0.3, 0.4) is 0 Å². The van der Waals surface area contributed by atoms with Crippen LogP contribution in [0.4, 0.5) is 4.79 Å². The van der Waals surface area contributed by atoms with Crippen molar-refractivity contribution in [1.29, 1.82) is 0 Å². The Labute approximate surface area is 127 Å². The van der Waals surface area contributed by atoms with Crippen LogP contribution in [-0.4, -0.2) is 22.3 Å². The second-order valence-corrected chi connectivity index (χ2v) is 5.92. The van der Waals surface area contributed by atoms with Crippen molar-refractivity contribution in [3.8, 4) is 0 Å². The largest absolute Gasteiger partial charge is 0.449 e. The van der Waals surface area contributed by atoms with Crippen LogP contribution in [0.2, 0.25) is 0 Å². The maximum atomic E-state index is 11.9. The average molecular weight is 423 g/mol. The second-order valence-electron chi connectivity index (χ2n) is 3.84. The smallest absolute Gasteiger partial charge is 0.419 e. The third-order valence-electron chi connectivity index (χ3n) is 2.48. The van der Waals surface area contributed by atoms with Crippen molar-refractivity contribution < 1.29 is 9.53 Å². The van der Waals surface area contributed by atoms with Crippen LogP contribution >= 0.6 is 38.5 Å². The number of rotatable bonds is 3. The minimum atomic E-state index is -0.369. The summed E-state index contributed by atoms with van der Waals surface area (Å²) < 4.78 is 8.52. The monoisotopic (exact) mass is 422 g/mol. The first kappa shape index (κ1) is 13.8. The molecule has 0 N–H and O–H groups in total. The van der Waals surface area contributed by atoms with Gasteiger partial charge in [0.1, 0.15) is 0 Å². The van der Waals surface area contributed by atoms with Gasteiger partial charge in [-0.15, -0.1) is 0 Å². The van der Waals surface area contributed by atoms with Gasteiger partial charge in [-0.25, -0.2) is 14.3 Å². The van der Waals surface area contributed by atoms with E-state index in [0.29, 0.717) is 12.3 Å². The molecule has 0 saturated carbocycles. The molecular weight excluding hydrogens is 411 g/mol. The second kappa shape index (κ2) is 6.01. The molecule has 0 bridgehead atoms. The third-order valence-corrected chi connectivity index (χ3v) is 3.77. The Hall–Kier alpha value is -0.630. The van der Waals surface area contributed by atoms with Crippen molar-refractivity contribution in [2.45, 2.75) is 19.8 Å². The lowest BCUT2D eigenvalue weighted by Gasteiger charge is -2.04. The number of pyridine rings is 1. The molecule has 2 aromatic heterocycles. The molecule has 2 rings (SSSR count). The summed E-state index contributed by atoms with van der Waals surface area (Å²) in [5.74, 6) is 0. The van der Waals surface area contributed by atoms with Gasteiger partial charge in [0.25, 0.3) is 0 Å². The zero-order valence-electron chi connectivity index (χ0n) is 9.82. The van der Waals surface area contributed by atoms with Crippen LogP contribution in [-0.2, 0) is 4.74 Å². The lowest BCUT2D eigenvalue weighted by molar-refractivity contribution is 0.147. The van der Waals surface area contributed by atoms with Gasteiger partial charge in [-0.05, 0) is 51.0 Å². The highest BCUT2D eigenvalue weighted by Crippen LogP contribution is 2.24. The molecule has 2 aromatic rings. The van der Waals surface area contributed by atoms with Gasteiger partial charge >= 0.3 is 6.09 Å². The van der Waals surface area contributed by atoms with Gasteiger partial charge < -0.3 is 4.74 Å². The van der Waals surface area contributed by atoms with E-state index in [0.717, 1.165) is 26.3 Å². The summed E-state index contributed by atoms with van der Waals surface area (Å²) in [6.07, 6.45) is 4.93. The average Bonchev–Trinajstić information content (AvgIpc) is 2.67. The first-order valence-electron chi connectivity index (χ1n) is 5.62. The summed E-state index contributed by atoms with van der Waals surface area (Å²) in [5, 5.41) is 0.942. The van der Waals surface area contributed by atoms with E-state index in [4.69, 9.17) is 4.74 Å². The number of ether oxygens (including phenoxy) is 1. The fraction of sp³-hybridized carbons (Fsp3) is 0.333. The molecule has 0 fully saturated rings. The molecule has 2 heterocycles. The van der Waals surface area contributed by atoms with Gasteiger partial charge in [0.2, 0.25) is 0 Å². The summed E-state index contributed by atoms with van der Waals surface area (Å²) in [6.45, 7) is 2.50. The van der Waals surface area contributed by atoms with Crippen LogP contribution in [0.25, 0.3) is 11.0 Å². The fourth-order valence-corrected chi connectivity index (χ4v) is 2.56. The third kappa shape index (κ3) is 2.85. The fourth-order valence-electron chi connectivity index (χ4n) is 1.56. The lowest BCUT2D eigenvalue weighted by atomic mass is 10.3. The molecule has 18 heavy (non-hydrogen) atoms. The molecule has 0 aliphatic heterocycles. The quantitative estimate of drug-likeness (QED) is 0.550. The predicted molar refractivity (Wildman–Crippen MR) is 81.8 cm³/mol. The molecule has 4 nitrogen and oxygen atoms in total. The topological polar surface area (TPSA) is 44.1 Å². The van der Waals surface area contributed by atoms with E-state index >= 15 is 0 Å². The minimum absolute atomic E-state index is 0.369. The van der Waals surface area contributed by atoms with Gasteiger partial charge in [0.05, 0.1) is 6.61 Å². The molecule has 0 radical (unpaired) electrons. The van der Waals surface area contributed by atoms with E-state index in [-0.39, 0.29) is 6.09 Å². The zero-order valence-corrected chi connectivity index (χ0v) is 13.6. The molecule has 0 atom stereocenters. The Balaban J connectivity index is 2.31. The first-order valence-corrected chi connectivity index (χ1v) is 7.50. The van der Waals surface area contributed by atoms with Crippen molar-refractivity contribution >= 4 is 55.6 Å². The van der Waals surface area contributed by atoms with Gasteiger partial charge in [-0.3, -0.25) is 0 Å². The molecular formula is C12H12BrIN2O2. The summed E-state index contributed by atoms with van der Waals surface area (Å²) in [5.41, 5.74) is 0.629. The van der Waals surface area contributed by atoms with Crippen molar-refractivity contribution in [3.63, 3.8) is 0 Å². The number of unbranched alkanes of at least 4 members (excludes halogenated alkanes) is 1. The molecule has 0 saturated heterocycles. The SMILES string of the molecule is CCCCOC(=O)n1cc(I)c2cc(Br)cnc21. The van der Waals surface area contributed by atoms with E-state index < -0.39 is 0 Å². The number of aromatic nitrogens is 2. The number of hydrogen-bond acceptors (Lipinski definition) is 3. The number of carbonyl (C=O) groups excluding carboxylic acids is 1. The molecule has 6 heteroatoms. The van der Waals surface area contributed by atoms with Crippen LogP contribution in [0.5, 0.6) is 0 Å². The highest BCUT2D eigenvalue weighted by Gasteiger charge is 2.14. The normalized spacial score (nSPS) is 10.8. The van der Waals surface area contributed by atoms with Crippen LogP contribution in [0.1, 0.15) is 19.8 Å². The minimum Gasteiger partial charge on any atom is -0.449 e. The molecule has 0 amide bonds. The number of halogens is 2. The summed E-state index contributed by atoms with van der Waals surface area (Å²) in [6, 6.07) is 1.94. The van der Waals surface area contributed by atoms with Gasteiger partial charge in [-0.1, -0.05) is 13.3 Å². The number of nitrogens with zero attached hydrogens (tertiary/aromatic N) is 2. The zero-order chi connectivity index (χ0) is 13.1. The predicted octanol–water partition coefficient (Wildman–Crippen LogP) is 4.19. The van der Waals surface area contributed by atoms with Crippen molar-refractivity contribution in [2.75, 3.05) is 6.61 Å². The Morgan fingerprint density at radius 3 is 3.11 bits per heavy atom. The Kier molecular flexibility index (Phi) is 4.60. The van der Waals surface area contributed by atoms with E-state index in [1.54, 1.807) is 12.4 Å². The van der Waals surface area contributed by atoms with Crippen LogP contribution < -0.4 is 0 Å². The molecule has 96 valence electrons. The van der Waals surface area contributed by atoms with Gasteiger partial charge in [0, 0.05) is 25.8 Å². The Bertz CT molecular complexity index is 583. The standard InChI is InChI=1S/C12H12BrIN2O2/c1-2-3-4-18-12(17)16-7-10(14)9-5-8(13)6-15-11(9)16/h5-7H,2-4H2,1H3.